The topological polar surface area (TPSA) is 68.0 Å². The third kappa shape index (κ3) is 3.72. The predicted molar refractivity (Wildman–Crippen MR) is 83.0 cm³/mol. The van der Waals surface area contributed by atoms with Gasteiger partial charge in [-0.25, -0.2) is 0 Å². The number of carbonyl (C=O) groups is 1. The highest BCUT2D eigenvalue weighted by atomic mass is 16.5. The second-order valence-electron chi connectivity index (χ2n) is 5.76. The zero-order valence-corrected chi connectivity index (χ0v) is 12.6. The Morgan fingerprint density at radius 1 is 1.18 bits per heavy atom. The minimum atomic E-state index is 0.173. The highest BCUT2D eigenvalue weighted by molar-refractivity contribution is 5.78. The van der Waals surface area contributed by atoms with Crippen molar-refractivity contribution in [3.63, 3.8) is 0 Å². The summed E-state index contributed by atoms with van der Waals surface area (Å²) in [4.78, 5) is 16.4. The van der Waals surface area contributed by atoms with Gasteiger partial charge in [0.1, 0.15) is 0 Å². The zero-order chi connectivity index (χ0) is 15.2. The molecule has 1 amide bonds. The Labute approximate surface area is 130 Å². The van der Waals surface area contributed by atoms with Gasteiger partial charge in [0, 0.05) is 24.4 Å². The molecular weight excluding hydrogens is 278 g/mol. The molecule has 116 valence electrons. The van der Waals surface area contributed by atoms with Crippen molar-refractivity contribution in [3.8, 4) is 11.5 Å². The van der Waals surface area contributed by atoms with E-state index in [1.165, 1.54) is 19.3 Å². The van der Waals surface area contributed by atoms with Crippen molar-refractivity contribution in [3.05, 3.63) is 36.2 Å². The molecule has 1 fully saturated rings. The van der Waals surface area contributed by atoms with Crippen LogP contribution in [0.3, 0.4) is 0 Å². The van der Waals surface area contributed by atoms with E-state index in [-0.39, 0.29) is 11.8 Å². The van der Waals surface area contributed by atoms with Crippen LogP contribution in [0.1, 0.15) is 37.9 Å². The first kappa shape index (κ1) is 14.8. The van der Waals surface area contributed by atoms with Gasteiger partial charge in [-0.15, -0.1) is 0 Å². The van der Waals surface area contributed by atoms with Gasteiger partial charge >= 0.3 is 0 Å². The van der Waals surface area contributed by atoms with E-state index in [0.717, 1.165) is 18.4 Å². The van der Waals surface area contributed by atoms with Crippen molar-refractivity contribution < 1.29 is 9.32 Å². The first-order valence-corrected chi connectivity index (χ1v) is 7.98. The van der Waals surface area contributed by atoms with Crippen LogP contribution in [0.5, 0.6) is 0 Å². The summed E-state index contributed by atoms with van der Waals surface area (Å²) in [5, 5.41) is 6.95. The molecule has 22 heavy (non-hydrogen) atoms. The third-order valence-electron chi connectivity index (χ3n) is 4.11. The fourth-order valence-electron chi connectivity index (χ4n) is 2.86. The second kappa shape index (κ2) is 7.20. The lowest BCUT2D eigenvalue weighted by atomic mass is 9.89. The molecule has 0 radical (unpaired) electrons. The van der Waals surface area contributed by atoms with Gasteiger partial charge in [-0.1, -0.05) is 42.6 Å². The molecule has 0 spiro atoms. The minimum absolute atomic E-state index is 0.173. The summed E-state index contributed by atoms with van der Waals surface area (Å²) in [6.45, 7) is 0.559. The van der Waals surface area contributed by atoms with Crippen LogP contribution in [0.2, 0.25) is 0 Å². The predicted octanol–water partition coefficient (Wildman–Crippen LogP) is 2.98. The molecule has 2 aromatic rings. The SMILES string of the molecule is O=C(NCCc1noc(-c2ccccc2)n1)C1CCCCC1. The molecule has 5 heteroatoms. The molecule has 0 unspecified atom stereocenters. The van der Waals surface area contributed by atoms with Crippen molar-refractivity contribution in [2.45, 2.75) is 38.5 Å². The fraction of sp³-hybridized carbons (Fsp3) is 0.471. The molecule has 0 saturated heterocycles. The average Bonchev–Trinajstić information content (AvgIpc) is 3.05. The van der Waals surface area contributed by atoms with Crippen molar-refractivity contribution in [1.82, 2.24) is 15.5 Å². The summed E-state index contributed by atoms with van der Waals surface area (Å²) in [5.41, 5.74) is 0.910. The normalized spacial score (nSPS) is 15.6. The molecule has 1 aliphatic rings. The number of hydrogen-bond acceptors (Lipinski definition) is 4. The molecular formula is C17H21N3O2. The summed E-state index contributed by atoms with van der Waals surface area (Å²) >= 11 is 0. The maximum atomic E-state index is 12.0. The Balaban J connectivity index is 1.48. The second-order valence-corrected chi connectivity index (χ2v) is 5.76. The van der Waals surface area contributed by atoms with Gasteiger partial charge in [0.15, 0.2) is 5.82 Å². The first-order chi connectivity index (χ1) is 10.8. The molecule has 1 N–H and O–H groups in total. The number of benzene rings is 1. The highest BCUT2D eigenvalue weighted by Gasteiger charge is 2.20. The van der Waals surface area contributed by atoms with E-state index >= 15 is 0 Å². The van der Waals surface area contributed by atoms with Crippen molar-refractivity contribution in [2.24, 2.45) is 5.92 Å². The zero-order valence-electron chi connectivity index (χ0n) is 12.6. The summed E-state index contributed by atoms with van der Waals surface area (Å²) in [5.74, 6) is 1.52. The standard InChI is InChI=1S/C17H21N3O2/c21-16(13-7-3-1-4-8-13)18-12-11-15-19-17(22-20-15)14-9-5-2-6-10-14/h2,5-6,9-10,13H,1,3-4,7-8,11-12H2,(H,18,21). The summed E-state index contributed by atoms with van der Waals surface area (Å²) in [6.07, 6.45) is 6.23. The van der Waals surface area contributed by atoms with Crippen LogP contribution in [0.4, 0.5) is 0 Å². The van der Waals surface area contributed by atoms with Crippen LogP contribution < -0.4 is 5.32 Å². The Bertz CT molecular complexity index is 603. The Kier molecular flexibility index (Phi) is 4.83. The van der Waals surface area contributed by atoms with Crippen LogP contribution in [-0.2, 0) is 11.2 Å². The van der Waals surface area contributed by atoms with E-state index in [2.05, 4.69) is 15.5 Å². The van der Waals surface area contributed by atoms with Crippen LogP contribution >= 0.6 is 0 Å². The Morgan fingerprint density at radius 2 is 1.95 bits per heavy atom. The molecule has 0 aliphatic heterocycles. The summed E-state index contributed by atoms with van der Waals surface area (Å²) < 4.78 is 5.25. The van der Waals surface area contributed by atoms with Crippen molar-refractivity contribution >= 4 is 5.91 Å². The largest absolute Gasteiger partial charge is 0.355 e. The molecule has 1 aromatic carbocycles. The van der Waals surface area contributed by atoms with Crippen LogP contribution in [0, 0.1) is 5.92 Å². The molecule has 5 nitrogen and oxygen atoms in total. The fourth-order valence-corrected chi connectivity index (χ4v) is 2.86. The number of nitrogens with one attached hydrogen (secondary N) is 1. The van der Waals surface area contributed by atoms with E-state index in [4.69, 9.17) is 4.52 Å². The third-order valence-corrected chi connectivity index (χ3v) is 4.11. The lowest BCUT2D eigenvalue weighted by Crippen LogP contribution is -2.33. The first-order valence-electron chi connectivity index (χ1n) is 7.98. The molecule has 1 heterocycles. The minimum Gasteiger partial charge on any atom is -0.355 e. The number of nitrogens with zero attached hydrogens (tertiary/aromatic N) is 2. The van der Waals surface area contributed by atoms with Gasteiger partial charge in [-0.3, -0.25) is 4.79 Å². The van der Waals surface area contributed by atoms with E-state index in [1.807, 2.05) is 30.3 Å². The Hall–Kier alpha value is -2.17. The number of amides is 1. The van der Waals surface area contributed by atoms with E-state index in [0.29, 0.717) is 24.7 Å². The molecule has 3 rings (SSSR count). The van der Waals surface area contributed by atoms with Gasteiger partial charge in [0.25, 0.3) is 5.89 Å². The molecule has 1 saturated carbocycles. The number of rotatable bonds is 5. The van der Waals surface area contributed by atoms with Crippen LogP contribution in [0.15, 0.2) is 34.9 Å². The number of hydrogen-bond donors (Lipinski definition) is 1. The molecule has 1 aromatic heterocycles. The van der Waals surface area contributed by atoms with E-state index in [9.17, 15) is 4.79 Å². The van der Waals surface area contributed by atoms with Crippen molar-refractivity contribution in [2.75, 3.05) is 6.54 Å². The van der Waals surface area contributed by atoms with Gasteiger partial charge in [0.2, 0.25) is 5.91 Å². The number of aromatic nitrogens is 2. The molecule has 0 bridgehead atoms. The quantitative estimate of drug-likeness (QED) is 0.921. The van der Waals surface area contributed by atoms with E-state index < -0.39 is 0 Å². The van der Waals surface area contributed by atoms with Gasteiger partial charge < -0.3 is 9.84 Å². The highest BCUT2D eigenvalue weighted by Crippen LogP contribution is 2.23. The van der Waals surface area contributed by atoms with Crippen LogP contribution in [0.25, 0.3) is 11.5 Å². The molecule has 1 aliphatic carbocycles. The number of carbonyl (C=O) groups excluding carboxylic acids is 1. The summed E-state index contributed by atoms with van der Waals surface area (Å²) in [6, 6.07) is 9.68. The lowest BCUT2D eigenvalue weighted by molar-refractivity contribution is -0.125. The monoisotopic (exact) mass is 299 g/mol. The van der Waals surface area contributed by atoms with Gasteiger partial charge in [0.05, 0.1) is 0 Å². The van der Waals surface area contributed by atoms with Gasteiger partial charge in [-0.05, 0) is 25.0 Å². The maximum absolute atomic E-state index is 12.0. The smallest absolute Gasteiger partial charge is 0.257 e. The maximum Gasteiger partial charge on any atom is 0.257 e. The molecule has 0 atom stereocenters. The van der Waals surface area contributed by atoms with Crippen LogP contribution in [-0.4, -0.2) is 22.6 Å². The van der Waals surface area contributed by atoms with Crippen molar-refractivity contribution in [1.29, 1.82) is 0 Å². The lowest BCUT2D eigenvalue weighted by Gasteiger charge is -2.20. The summed E-state index contributed by atoms with van der Waals surface area (Å²) in [7, 11) is 0. The Morgan fingerprint density at radius 3 is 2.73 bits per heavy atom. The van der Waals surface area contributed by atoms with Gasteiger partial charge in [-0.2, -0.15) is 4.98 Å². The van der Waals surface area contributed by atoms with E-state index in [1.54, 1.807) is 0 Å². The average molecular weight is 299 g/mol.